The summed E-state index contributed by atoms with van der Waals surface area (Å²) >= 11 is 0. The van der Waals surface area contributed by atoms with Crippen molar-refractivity contribution in [3.05, 3.63) is 33.9 Å². The first-order valence-corrected chi connectivity index (χ1v) is 7.21. The topological polar surface area (TPSA) is 75.5 Å². The lowest BCUT2D eigenvalue weighted by atomic mass is 10.1. The molecule has 0 aliphatic heterocycles. The van der Waals surface area contributed by atoms with Gasteiger partial charge in [0.25, 0.3) is 11.6 Å². The van der Waals surface area contributed by atoms with Gasteiger partial charge in [-0.25, -0.2) is 0 Å². The third kappa shape index (κ3) is 5.06. The summed E-state index contributed by atoms with van der Waals surface area (Å²) in [6, 6.07) is 4.55. The maximum absolute atomic E-state index is 12.0. The normalized spacial score (nSPS) is 10.2. The number of anilines is 1. The number of unbranched alkanes of at least 4 members (excludes halogenated alkanes) is 3. The Morgan fingerprint density at radius 3 is 2.57 bits per heavy atom. The zero-order valence-corrected chi connectivity index (χ0v) is 12.9. The smallest absolute Gasteiger partial charge is 0.293 e. The number of nitro benzene ring substituents is 1. The maximum Gasteiger partial charge on any atom is 0.293 e. The molecule has 6 nitrogen and oxygen atoms in total. The van der Waals surface area contributed by atoms with E-state index in [1.54, 1.807) is 31.1 Å². The Labute approximate surface area is 125 Å². The molecule has 0 heterocycles. The van der Waals surface area contributed by atoms with Crippen LogP contribution in [0, 0.1) is 10.1 Å². The third-order valence-electron chi connectivity index (χ3n) is 3.23. The number of nitro groups is 1. The van der Waals surface area contributed by atoms with Crippen LogP contribution in [0.2, 0.25) is 0 Å². The number of hydrogen-bond acceptors (Lipinski definition) is 4. The predicted octanol–water partition coefficient (Wildman–Crippen LogP) is 2.97. The van der Waals surface area contributed by atoms with E-state index >= 15 is 0 Å². The van der Waals surface area contributed by atoms with E-state index < -0.39 is 4.92 Å². The van der Waals surface area contributed by atoms with E-state index in [-0.39, 0.29) is 11.6 Å². The van der Waals surface area contributed by atoms with Gasteiger partial charge in [-0.3, -0.25) is 14.9 Å². The minimum Gasteiger partial charge on any atom is -0.372 e. The molecule has 0 aliphatic rings. The number of carbonyl (C=O) groups excluding carboxylic acids is 1. The number of carbonyl (C=O) groups is 1. The zero-order chi connectivity index (χ0) is 15.8. The van der Waals surface area contributed by atoms with Gasteiger partial charge in [0, 0.05) is 32.3 Å². The van der Waals surface area contributed by atoms with Crippen molar-refractivity contribution >= 4 is 17.3 Å². The molecule has 0 unspecified atom stereocenters. The first kappa shape index (κ1) is 16.9. The van der Waals surface area contributed by atoms with Gasteiger partial charge in [0.05, 0.1) is 4.92 Å². The molecule has 0 aliphatic carbocycles. The first-order chi connectivity index (χ1) is 9.97. The van der Waals surface area contributed by atoms with Gasteiger partial charge in [-0.2, -0.15) is 0 Å². The number of amides is 1. The molecule has 1 rings (SSSR count). The van der Waals surface area contributed by atoms with E-state index in [0.717, 1.165) is 25.7 Å². The Hall–Kier alpha value is -2.11. The monoisotopic (exact) mass is 293 g/mol. The van der Waals surface area contributed by atoms with Crippen molar-refractivity contribution in [1.29, 1.82) is 0 Å². The highest BCUT2D eigenvalue weighted by Gasteiger charge is 2.18. The predicted molar refractivity (Wildman–Crippen MR) is 83.9 cm³/mol. The maximum atomic E-state index is 12.0. The van der Waals surface area contributed by atoms with E-state index in [2.05, 4.69) is 12.2 Å². The van der Waals surface area contributed by atoms with Gasteiger partial charge in [-0.1, -0.05) is 26.2 Å². The van der Waals surface area contributed by atoms with Crippen LogP contribution >= 0.6 is 0 Å². The number of nitrogens with one attached hydrogen (secondary N) is 1. The average molecular weight is 293 g/mol. The second kappa shape index (κ2) is 8.24. The second-order valence-electron chi connectivity index (χ2n) is 5.17. The summed E-state index contributed by atoms with van der Waals surface area (Å²) in [5, 5.41) is 13.9. The Bertz CT molecular complexity index is 501. The summed E-state index contributed by atoms with van der Waals surface area (Å²) < 4.78 is 0. The van der Waals surface area contributed by atoms with Crippen molar-refractivity contribution in [3.8, 4) is 0 Å². The van der Waals surface area contributed by atoms with Crippen LogP contribution in [0.1, 0.15) is 43.0 Å². The molecule has 0 aromatic heterocycles. The molecule has 116 valence electrons. The number of hydrogen-bond donors (Lipinski definition) is 1. The van der Waals surface area contributed by atoms with Crippen LogP contribution in [0.15, 0.2) is 18.2 Å². The Balaban J connectivity index is 2.72. The van der Waals surface area contributed by atoms with Gasteiger partial charge >= 0.3 is 0 Å². The van der Waals surface area contributed by atoms with E-state index in [4.69, 9.17) is 0 Å². The standard InChI is InChI=1S/C15H23N3O3/c1-4-5-6-7-10-16-15(19)12-8-9-13(17(2)3)14(11-12)18(20)21/h8-9,11H,4-7,10H2,1-3H3,(H,16,19). The number of rotatable bonds is 8. The fraction of sp³-hybridized carbons (Fsp3) is 0.533. The Morgan fingerprint density at radius 1 is 1.29 bits per heavy atom. The summed E-state index contributed by atoms with van der Waals surface area (Å²) in [6.45, 7) is 2.73. The summed E-state index contributed by atoms with van der Waals surface area (Å²) in [6.07, 6.45) is 4.30. The van der Waals surface area contributed by atoms with E-state index in [1.165, 1.54) is 6.07 Å². The van der Waals surface area contributed by atoms with Gasteiger partial charge in [-0.05, 0) is 18.6 Å². The van der Waals surface area contributed by atoms with E-state index in [1.807, 2.05) is 0 Å². The quantitative estimate of drug-likeness (QED) is 0.454. The van der Waals surface area contributed by atoms with Gasteiger partial charge in [0.15, 0.2) is 0 Å². The Morgan fingerprint density at radius 2 is 2.00 bits per heavy atom. The van der Waals surface area contributed by atoms with Crippen LogP contribution in [0.25, 0.3) is 0 Å². The molecular formula is C15H23N3O3. The number of benzene rings is 1. The lowest BCUT2D eigenvalue weighted by Crippen LogP contribution is -2.24. The molecule has 0 saturated heterocycles. The van der Waals surface area contributed by atoms with Crippen LogP contribution < -0.4 is 10.2 Å². The highest BCUT2D eigenvalue weighted by atomic mass is 16.6. The van der Waals surface area contributed by atoms with Gasteiger partial charge in [0.2, 0.25) is 0 Å². The molecule has 0 fully saturated rings. The molecule has 0 spiro atoms. The minimum atomic E-state index is -0.465. The molecule has 1 amide bonds. The van der Waals surface area contributed by atoms with Gasteiger partial charge in [0.1, 0.15) is 5.69 Å². The van der Waals surface area contributed by atoms with Crippen molar-refractivity contribution in [3.63, 3.8) is 0 Å². The van der Waals surface area contributed by atoms with E-state index in [0.29, 0.717) is 17.8 Å². The summed E-state index contributed by atoms with van der Waals surface area (Å²) in [7, 11) is 3.46. The second-order valence-corrected chi connectivity index (χ2v) is 5.17. The summed E-state index contributed by atoms with van der Waals surface area (Å²) in [5.74, 6) is -0.264. The molecule has 0 bridgehead atoms. The van der Waals surface area contributed by atoms with Crippen molar-refractivity contribution in [2.24, 2.45) is 0 Å². The van der Waals surface area contributed by atoms with Crippen LogP contribution in [0.4, 0.5) is 11.4 Å². The SMILES string of the molecule is CCCCCCNC(=O)c1ccc(N(C)C)c([N+](=O)[O-])c1. The van der Waals surface area contributed by atoms with Crippen molar-refractivity contribution in [2.45, 2.75) is 32.6 Å². The third-order valence-corrected chi connectivity index (χ3v) is 3.23. The molecule has 1 aromatic carbocycles. The van der Waals surface area contributed by atoms with Crippen LogP contribution in [0.3, 0.4) is 0 Å². The van der Waals surface area contributed by atoms with Crippen molar-refractivity contribution in [2.75, 3.05) is 25.5 Å². The first-order valence-electron chi connectivity index (χ1n) is 7.21. The molecule has 0 radical (unpaired) electrons. The van der Waals surface area contributed by atoms with Gasteiger partial charge < -0.3 is 10.2 Å². The van der Waals surface area contributed by atoms with Crippen molar-refractivity contribution in [1.82, 2.24) is 5.32 Å². The van der Waals surface area contributed by atoms with Crippen LogP contribution in [0.5, 0.6) is 0 Å². The minimum absolute atomic E-state index is 0.0568. The lowest BCUT2D eigenvalue weighted by molar-refractivity contribution is -0.384. The van der Waals surface area contributed by atoms with Crippen LogP contribution in [-0.2, 0) is 0 Å². The number of nitrogens with zero attached hydrogens (tertiary/aromatic N) is 2. The zero-order valence-electron chi connectivity index (χ0n) is 12.9. The highest BCUT2D eigenvalue weighted by molar-refractivity contribution is 5.95. The summed E-state index contributed by atoms with van der Waals surface area (Å²) in [4.78, 5) is 24.3. The lowest BCUT2D eigenvalue weighted by Gasteiger charge is -2.13. The molecule has 21 heavy (non-hydrogen) atoms. The average Bonchev–Trinajstić information content (AvgIpc) is 2.46. The largest absolute Gasteiger partial charge is 0.372 e. The molecule has 6 heteroatoms. The van der Waals surface area contributed by atoms with Crippen molar-refractivity contribution < 1.29 is 9.72 Å². The highest BCUT2D eigenvalue weighted by Crippen LogP contribution is 2.27. The Kier molecular flexibility index (Phi) is 6.65. The fourth-order valence-electron chi connectivity index (χ4n) is 2.04. The molecule has 0 atom stereocenters. The molecule has 0 saturated carbocycles. The van der Waals surface area contributed by atoms with Crippen LogP contribution in [-0.4, -0.2) is 31.5 Å². The fourth-order valence-corrected chi connectivity index (χ4v) is 2.04. The molecule has 1 aromatic rings. The molecule has 1 N–H and O–H groups in total. The van der Waals surface area contributed by atoms with E-state index in [9.17, 15) is 14.9 Å². The summed E-state index contributed by atoms with van der Waals surface area (Å²) in [5.41, 5.74) is 0.751. The van der Waals surface area contributed by atoms with Gasteiger partial charge in [-0.15, -0.1) is 0 Å². The molecular weight excluding hydrogens is 270 g/mol.